The van der Waals surface area contributed by atoms with E-state index in [1.54, 1.807) is 0 Å². The maximum absolute atomic E-state index is 6.01. The Balaban J connectivity index is 2.47. The van der Waals surface area contributed by atoms with Crippen LogP contribution < -0.4 is 11.5 Å². The summed E-state index contributed by atoms with van der Waals surface area (Å²) in [5.74, 6) is 0. The molecule has 0 aliphatic heterocycles. The molecule has 1 aliphatic carbocycles. The number of rotatable bonds is 1. The Kier molecular flexibility index (Phi) is 2.82. The minimum absolute atomic E-state index is 0.681. The van der Waals surface area contributed by atoms with Gasteiger partial charge in [-0.3, -0.25) is 0 Å². The van der Waals surface area contributed by atoms with Crippen molar-refractivity contribution in [3.63, 3.8) is 0 Å². The van der Waals surface area contributed by atoms with E-state index in [9.17, 15) is 0 Å². The highest BCUT2D eigenvalue weighted by Gasteiger charge is 2.16. The van der Waals surface area contributed by atoms with Gasteiger partial charge in [0, 0.05) is 4.48 Å². The molecular weight excluding hydrogens is 252 g/mol. The van der Waals surface area contributed by atoms with Gasteiger partial charge in [0.05, 0.1) is 11.4 Å². The summed E-state index contributed by atoms with van der Waals surface area (Å²) in [6.07, 6.45) is 1.87. The summed E-state index contributed by atoms with van der Waals surface area (Å²) >= 11 is 3.43. The Bertz CT molecular complexity index is 432. The molecule has 3 heteroatoms. The second kappa shape index (κ2) is 4.11. The summed E-state index contributed by atoms with van der Waals surface area (Å²) < 4.78 is 1.01. The molecule has 0 heterocycles. The Morgan fingerprint density at radius 1 is 0.933 bits per heavy atom. The lowest BCUT2D eigenvalue weighted by atomic mass is 9.94. The molecule has 0 aromatic heterocycles. The Hall–Kier alpha value is -1.22. The SMILES string of the molecule is NC1=C(Br)CCC(c2ccccc2)=C1N. The Morgan fingerprint density at radius 3 is 2.27 bits per heavy atom. The van der Waals surface area contributed by atoms with Crippen molar-refractivity contribution in [3.05, 3.63) is 51.8 Å². The van der Waals surface area contributed by atoms with Gasteiger partial charge in [0.25, 0.3) is 0 Å². The van der Waals surface area contributed by atoms with Crippen LogP contribution in [0.4, 0.5) is 0 Å². The second-order valence-corrected chi connectivity index (χ2v) is 4.53. The third kappa shape index (κ3) is 1.92. The molecule has 0 amide bonds. The molecule has 0 unspecified atom stereocenters. The van der Waals surface area contributed by atoms with E-state index in [-0.39, 0.29) is 0 Å². The summed E-state index contributed by atoms with van der Waals surface area (Å²) in [7, 11) is 0. The van der Waals surface area contributed by atoms with Crippen molar-refractivity contribution in [2.75, 3.05) is 0 Å². The van der Waals surface area contributed by atoms with Crippen LogP contribution in [-0.2, 0) is 0 Å². The lowest BCUT2D eigenvalue weighted by Crippen LogP contribution is -2.16. The first kappa shape index (κ1) is 10.3. The maximum atomic E-state index is 6.01. The van der Waals surface area contributed by atoms with Crippen LogP contribution in [0.1, 0.15) is 18.4 Å². The van der Waals surface area contributed by atoms with Crippen LogP contribution in [-0.4, -0.2) is 0 Å². The fraction of sp³-hybridized carbons (Fsp3) is 0.167. The van der Waals surface area contributed by atoms with E-state index in [0.29, 0.717) is 11.4 Å². The molecule has 2 nitrogen and oxygen atoms in total. The summed E-state index contributed by atoms with van der Waals surface area (Å²) in [4.78, 5) is 0. The normalized spacial score (nSPS) is 17.1. The van der Waals surface area contributed by atoms with E-state index in [2.05, 4.69) is 28.1 Å². The molecule has 4 N–H and O–H groups in total. The van der Waals surface area contributed by atoms with E-state index in [1.807, 2.05) is 18.2 Å². The first-order chi connectivity index (χ1) is 7.20. The lowest BCUT2D eigenvalue weighted by molar-refractivity contribution is 0.982. The van der Waals surface area contributed by atoms with Crippen molar-refractivity contribution < 1.29 is 0 Å². The molecular formula is C12H13BrN2. The van der Waals surface area contributed by atoms with Crippen LogP contribution in [0, 0.1) is 0 Å². The lowest BCUT2D eigenvalue weighted by Gasteiger charge is -2.19. The molecule has 1 aromatic carbocycles. The number of nitrogens with two attached hydrogens (primary N) is 2. The zero-order chi connectivity index (χ0) is 10.8. The van der Waals surface area contributed by atoms with Gasteiger partial charge in [-0.1, -0.05) is 46.3 Å². The quantitative estimate of drug-likeness (QED) is 0.820. The monoisotopic (exact) mass is 264 g/mol. The van der Waals surface area contributed by atoms with Crippen LogP contribution in [0.3, 0.4) is 0 Å². The minimum atomic E-state index is 0.681. The van der Waals surface area contributed by atoms with E-state index < -0.39 is 0 Å². The van der Waals surface area contributed by atoms with Gasteiger partial charge in [-0.05, 0) is 24.0 Å². The van der Waals surface area contributed by atoms with Crippen molar-refractivity contribution in [1.29, 1.82) is 0 Å². The van der Waals surface area contributed by atoms with Gasteiger partial charge in [0.2, 0.25) is 0 Å². The van der Waals surface area contributed by atoms with Crippen LogP contribution >= 0.6 is 15.9 Å². The molecule has 1 aliphatic rings. The van der Waals surface area contributed by atoms with Gasteiger partial charge in [0.15, 0.2) is 0 Å². The average Bonchev–Trinajstić information content (AvgIpc) is 2.27. The van der Waals surface area contributed by atoms with E-state index in [1.165, 1.54) is 0 Å². The van der Waals surface area contributed by atoms with Crippen molar-refractivity contribution in [2.45, 2.75) is 12.8 Å². The molecule has 1 aromatic rings. The molecule has 0 spiro atoms. The highest BCUT2D eigenvalue weighted by molar-refractivity contribution is 9.11. The number of hydrogen-bond acceptors (Lipinski definition) is 2. The number of allylic oxidation sites excluding steroid dienone is 2. The van der Waals surface area contributed by atoms with Gasteiger partial charge < -0.3 is 11.5 Å². The van der Waals surface area contributed by atoms with Crippen molar-refractivity contribution in [1.82, 2.24) is 0 Å². The van der Waals surface area contributed by atoms with Crippen LogP contribution in [0.5, 0.6) is 0 Å². The molecule has 0 saturated carbocycles. The van der Waals surface area contributed by atoms with Gasteiger partial charge in [-0.2, -0.15) is 0 Å². The summed E-state index contributed by atoms with van der Waals surface area (Å²) in [5, 5.41) is 0. The fourth-order valence-electron chi connectivity index (χ4n) is 1.75. The topological polar surface area (TPSA) is 52.0 Å². The van der Waals surface area contributed by atoms with E-state index in [4.69, 9.17) is 11.5 Å². The van der Waals surface area contributed by atoms with E-state index in [0.717, 1.165) is 28.5 Å². The molecule has 78 valence electrons. The molecule has 0 atom stereocenters. The molecule has 0 saturated heterocycles. The first-order valence-electron chi connectivity index (χ1n) is 4.88. The van der Waals surface area contributed by atoms with Gasteiger partial charge in [-0.15, -0.1) is 0 Å². The zero-order valence-electron chi connectivity index (χ0n) is 8.33. The number of hydrogen-bond donors (Lipinski definition) is 2. The highest BCUT2D eigenvalue weighted by atomic mass is 79.9. The number of halogens is 1. The first-order valence-corrected chi connectivity index (χ1v) is 5.68. The zero-order valence-corrected chi connectivity index (χ0v) is 9.92. The number of benzene rings is 1. The van der Waals surface area contributed by atoms with Gasteiger partial charge >= 0.3 is 0 Å². The van der Waals surface area contributed by atoms with Crippen LogP contribution in [0.2, 0.25) is 0 Å². The molecule has 2 rings (SSSR count). The maximum Gasteiger partial charge on any atom is 0.0653 e. The van der Waals surface area contributed by atoms with Gasteiger partial charge in [0.1, 0.15) is 0 Å². The van der Waals surface area contributed by atoms with E-state index >= 15 is 0 Å². The summed E-state index contributed by atoms with van der Waals surface area (Å²) in [6.45, 7) is 0. The molecule has 0 fully saturated rings. The summed E-state index contributed by atoms with van der Waals surface area (Å²) in [6, 6.07) is 10.2. The predicted molar refractivity (Wildman–Crippen MR) is 66.9 cm³/mol. The Labute approximate surface area is 97.8 Å². The molecule has 15 heavy (non-hydrogen) atoms. The van der Waals surface area contributed by atoms with Crippen molar-refractivity contribution >= 4 is 21.5 Å². The highest BCUT2D eigenvalue weighted by Crippen LogP contribution is 2.33. The molecule has 0 radical (unpaired) electrons. The van der Waals surface area contributed by atoms with Gasteiger partial charge in [-0.25, -0.2) is 0 Å². The third-order valence-electron chi connectivity index (χ3n) is 2.62. The van der Waals surface area contributed by atoms with Crippen LogP contribution in [0.15, 0.2) is 46.2 Å². The standard InChI is InChI=1S/C12H13BrN2/c13-10-7-6-9(11(14)12(10)15)8-4-2-1-3-5-8/h1-5H,6-7,14-15H2. The smallest absolute Gasteiger partial charge is 0.0653 e. The molecule has 0 bridgehead atoms. The predicted octanol–water partition coefficient (Wildman–Crippen LogP) is 2.72. The largest absolute Gasteiger partial charge is 0.397 e. The third-order valence-corrected chi connectivity index (χ3v) is 3.45. The van der Waals surface area contributed by atoms with Crippen molar-refractivity contribution in [3.8, 4) is 0 Å². The fourth-order valence-corrected chi connectivity index (χ4v) is 2.16. The summed E-state index contributed by atoms with van der Waals surface area (Å²) in [5.41, 5.74) is 15.6. The average molecular weight is 265 g/mol. The van der Waals surface area contributed by atoms with Crippen LogP contribution in [0.25, 0.3) is 5.57 Å². The minimum Gasteiger partial charge on any atom is -0.397 e. The Morgan fingerprint density at radius 2 is 1.60 bits per heavy atom. The van der Waals surface area contributed by atoms with Crippen molar-refractivity contribution in [2.24, 2.45) is 11.5 Å². The second-order valence-electron chi connectivity index (χ2n) is 3.58.